The van der Waals surface area contributed by atoms with Crippen LogP contribution in [-0.2, 0) is 5.41 Å². The van der Waals surface area contributed by atoms with Crippen LogP contribution in [0.3, 0.4) is 0 Å². The van der Waals surface area contributed by atoms with Crippen LogP contribution in [0.2, 0.25) is 0 Å². The minimum absolute atomic E-state index is 0.448. The number of hydrogen-bond acceptors (Lipinski definition) is 1. The van der Waals surface area contributed by atoms with E-state index in [-0.39, 0.29) is 0 Å². The van der Waals surface area contributed by atoms with E-state index < -0.39 is 5.41 Å². The third-order valence-electron chi connectivity index (χ3n) is 14.3. The van der Waals surface area contributed by atoms with Crippen molar-refractivity contribution in [2.75, 3.05) is 4.90 Å². The lowest BCUT2D eigenvalue weighted by Gasteiger charge is -2.33. The first-order valence-corrected chi connectivity index (χ1v) is 23.8. The standard InChI is InChI=1S/C67H46N2/c1-5-19-47(20-6-1)49-21-17-22-50(43-49)48-35-38-56(39-36-48)68(55-28-11-4-12-29-55)57-30-18-23-51(44-57)52-37-41-61-60-32-14-16-34-65(60)69(66(61)45-52)58-40-42-64-62(46-58)59-31-13-15-33-63(59)67(64,53-24-7-2-8-25-53)54-26-9-3-10-27-54/h1-46H. The Balaban J connectivity index is 0.920. The van der Waals surface area contributed by atoms with Crippen molar-refractivity contribution in [2.24, 2.45) is 0 Å². The first-order chi connectivity index (χ1) is 34.2. The number of benzene rings is 11. The fourth-order valence-corrected chi connectivity index (χ4v) is 11.2. The number of fused-ring (bicyclic) bond motifs is 6. The molecule has 0 fully saturated rings. The minimum Gasteiger partial charge on any atom is -0.310 e. The molecule has 0 unspecified atom stereocenters. The van der Waals surface area contributed by atoms with Crippen LogP contribution in [0.4, 0.5) is 17.1 Å². The monoisotopic (exact) mass is 878 g/mol. The summed E-state index contributed by atoms with van der Waals surface area (Å²) in [5.74, 6) is 0. The highest BCUT2D eigenvalue weighted by Gasteiger charge is 2.46. The number of para-hydroxylation sites is 2. The highest BCUT2D eigenvalue weighted by molar-refractivity contribution is 6.10. The summed E-state index contributed by atoms with van der Waals surface area (Å²) < 4.78 is 2.47. The van der Waals surface area contributed by atoms with E-state index in [1.165, 1.54) is 77.4 Å². The Kier molecular flexibility index (Phi) is 9.77. The number of rotatable bonds is 9. The molecule has 0 radical (unpaired) electrons. The zero-order valence-electron chi connectivity index (χ0n) is 38.0. The normalized spacial score (nSPS) is 12.5. The van der Waals surface area contributed by atoms with Gasteiger partial charge in [0.2, 0.25) is 0 Å². The Bertz CT molecular complexity index is 3780. The van der Waals surface area contributed by atoms with Crippen LogP contribution in [-0.4, -0.2) is 4.57 Å². The molecule has 11 aromatic carbocycles. The zero-order valence-corrected chi connectivity index (χ0v) is 38.0. The molecule has 69 heavy (non-hydrogen) atoms. The van der Waals surface area contributed by atoms with Gasteiger partial charge in [0.1, 0.15) is 0 Å². The summed E-state index contributed by atoms with van der Waals surface area (Å²) in [7, 11) is 0. The predicted molar refractivity (Wildman–Crippen MR) is 289 cm³/mol. The van der Waals surface area contributed by atoms with Gasteiger partial charge in [-0.15, -0.1) is 0 Å². The fourth-order valence-electron chi connectivity index (χ4n) is 11.2. The Morgan fingerprint density at radius 3 is 1.49 bits per heavy atom. The lowest BCUT2D eigenvalue weighted by Crippen LogP contribution is -2.28. The molecule has 13 rings (SSSR count). The second-order valence-corrected chi connectivity index (χ2v) is 18.1. The molecule has 0 N–H and O–H groups in total. The zero-order chi connectivity index (χ0) is 45.7. The Labute approximate surface area is 403 Å². The quantitative estimate of drug-likeness (QED) is 0.140. The Morgan fingerprint density at radius 2 is 0.768 bits per heavy atom. The molecule has 1 aliphatic rings. The molecule has 2 heteroatoms. The first-order valence-electron chi connectivity index (χ1n) is 23.8. The minimum atomic E-state index is -0.448. The van der Waals surface area contributed by atoms with Gasteiger partial charge in [0.25, 0.3) is 0 Å². The van der Waals surface area contributed by atoms with Gasteiger partial charge in [-0.2, -0.15) is 0 Å². The second kappa shape index (κ2) is 16.7. The summed E-state index contributed by atoms with van der Waals surface area (Å²) in [6.45, 7) is 0. The van der Waals surface area contributed by atoms with Crippen molar-refractivity contribution in [1.29, 1.82) is 0 Å². The van der Waals surface area contributed by atoms with Crippen molar-refractivity contribution < 1.29 is 0 Å². The molecule has 2 nitrogen and oxygen atoms in total. The highest BCUT2D eigenvalue weighted by atomic mass is 15.1. The summed E-state index contributed by atoms with van der Waals surface area (Å²) in [6.07, 6.45) is 0. The molecule has 0 spiro atoms. The Morgan fingerprint density at radius 1 is 0.275 bits per heavy atom. The van der Waals surface area contributed by atoms with E-state index in [0.29, 0.717) is 0 Å². The van der Waals surface area contributed by atoms with Crippen LogP contribution in [0.1, 0.15) is 22.3 Å². The van der Waals surface area contributed by atoms with Crippen LogP contribution >= 0.6 is 0 Å². The second-order valence-electron chi connectivity index (χ2n) is 18.1. The lowest BCUT2D eigenvalue weighted by atomic mass is 9.68. The van der Waals surface area contributed by atoms with Crippen LogP contribution < -0.4 is 4.90 Å². The fraction of sp³-hybridized carbons (Fsp3) is 0.0149. The van der Waals surface area contributed by atoms with Crippen molar-refractivity contribution in [3.63, 3.8) is 0 Å². The SMILES string of the molecule is c1ccc(-c2cccc(-c3ccc(N(c4ccccc4)c4cccc(-c5ccc6c7ccccc7n(-c7ccc8c(c7)-c7ccccc7C8(c7ccccc7)c7ccccc7)c6c5)c4)cc3)c2)cc1. The van der Waals surface area contributed by atoms with Gasteiger partial charge in [0.05, 0.1) is 16.4 Å². The average molecular weight is 879 g/mol. The van der Waals surface area contributed by atoms with Crippen LogP contribution in [0.25, 0.3) is 72.0 Å². The van der Waals surface area contributed by atoms with E-state index in [1.807, 2.05) is 0 Å². The number of nitrogens with zero attached hydrogens (tertiary/aromatic N) is 2. The molecule has 1 aliphatic carbocycles. The van der Waals surface area contributed by atoms with Crippen molar-refractivity contribution in [2.45, 2.75) is 5.41 Å². The van der Waals surface area contributed by atoms with E-state index >= 15 is 0 Å². The topological polar surface area (TPSA) is 8.17 Å². The Hall–Kier alpha value is -8.98. The molecule has 0 amide bonds. The number of anilines is 3. The van der Waals surface area contributed by atoms with E-state index in [2.05, 4.69) is 289 Å². The first kappa shape index (κ1) is 40.3. The summed E-state index contributed by atoms with van der Waals surface area (Å²) >= 11 is 0. The van der Waals surface area contributed by atoms with Crippen molar-refractivity contribution in [1.82, 2.24) is 4.57 Å². The molecule has 0 atom stereocenters. The number of aromatic nitrogens is 1. The molecule has 0 saturated heterocycles. The van der Waals surface area contributed by atoms with E-state index in [1.54, 1.807) is 0 Å². The summed E-state index contributed by atoms with van der Waals surface area (Å²) in [5.41, 5.74) is 21.2. The largest absolute Gasteiger partial charge is 0.310 e. The lowest BCUT2D eigenvalue weighted by molar-refractivity contribution is 0.768. The molecule has 324 valence electrons. The molecule has 0 saturated carbocycles. The third-order valence-corrected chi connectivity index (χ3v) is 14.3. The van der Waals surface area contributed by atoms with Crippen LogP contribution in [0, 0.1) is 0 Å². The van der Waals surface area contributed by atoms with Gasteiger partial charge < -0.3 is 9.47 Å². The van der Waals surface area contributed by atoms with Crippen molar-refractivity contribution in [3.05, 3.63) is 301 Å². The van der Waals surface area contributed by atoms with Crippen LogP contribution in [0.5, 0.6) is 0 Å². The molecule has 0 bridgehead atoms. The summed E-state index contributed by atoms with van der Waals surface area (Å²) in [4.78, 5) is 2.36. The maximum atomic E-state index is 2.47. The average Bonchev–Trinajstić information content (AvgIpc) is 3.92. The summed E-state index contributed by atoms with van der Waals surface area (Å²) in [6, 6.07) is 102. The van der Waals surface area contributed by atoms with Gasteiger partial charge in [0, 0.05) is 33.5 Å². The predicted octanol–water partition coefficient (Wildman–Crippen LogP) is 17.6. The molecule has 1 aromatic heterocycles. The van der Waals surface area contributed by atoms with Gasteiger partial charge in [0.15, 0.2) is 0 Å². The maximum Gasteiger partial charge on any atom is 0.0713 e. The molecule has 0 aliphatic heterocycles. The van der Waals surface area contributed by atoms with Crippen LogP contribution in [0.15, 0.2) is 279 Å². The van der Waals surface area contributed by atoms with Crippen molar-refractivity contribution in [3.8, 4) is 50.2 Å². The maximum absolute atomic E-state index is 2.47. The van der Waals surface area contributed by atoms with Gasteiger partial charge >= 0.3 is 0 Å². The highest BCUT2D eigenvalue weighted by Crippen LogP contribution is 2.56. The van der Waals surface area contributed by atoms with Crippen molar-refractivity contribution >= 4 is 38.9 Å². The summed E-state index contributed by atoms with van der Waals surface area (Å²) in [5, 5.41) is 2.47. The number of hydrogen-bond donors (Lipinski definition) is 0. The molecular weight excluding hydrogens is 833 g/mol. The molecular formula is C67H46N2. The van der Waals surface area contributed by atoms with E-state index in [0.717, 1.165) is 33.9 Å². The van der Waals surface area contributed by atoms with Gasteiger partial charge in [-0.05, 0) is 133 Å². The third kappa shape index (κ3) is 6.72. The van der Waals surface area contributed by atoms with E-state index in [4.69, 9.17) is 0 Å². The molecule has 1 heterocycles. The molecule has 12 aromatic rings. The van der Waals surface area contributed by atoms with Gasteiger partial charge in [-0.25, -0.2) is 0 Å². The van der Waals surface area contributed by atoms with Gasteiger partial charge in [-0.3, -0.25) is 0 Å². The smallest absolute Gasteiger partial charge is 0.0713 e. The van der Waals surface area contributed by atoms with E-state index in [9.17, 15) is 0 Å². The van der Waals surface area contributed by atoms with Gasteiger partial charge in [-0.1, -0.05) is 212 Å².